The maximum Gasteiger partial charge on any atom is 0.335 e. The van der Waals surface area contributed by atoms with Gasteiger partial charge in [0.05, 0.1) is 5.69 Å². The van der Waals surface area contributed by atoms with Crippen molar-refractivity contribution in [2.75, 3.05) is 4.90 Å². The number of carbonyl (C=O) groups is 3. The summed E-state index contributed by atoms with van der Waals surface area (Å²) in [7, 11) is 0. The number of rotatable bonds is 5. The van der Waals surface area contributed by atoms with Crippen LogP contribution in [0.15, 0.2) is 78.4 Å². The van der Waals surface area contributed by atoms with Gasteiger partial charge >= 0.3 is 6.03 Å². The number of amides is 4. The third kappa shape index (κ3) is 4.68. The Morgan fingerprint density at radius 1 is 0.969 bits per heavy atom. The smallest absolute Gasteiger partial charge is 0.335 e. The summed E-state index contributed by atoms with van der Waals surface area (Å²) in [5, 5.41) is 2.62. The molecule has 3 aromatic rings. The SMILES string of the molecule is O=C1NC(=O)N(c2ccc(Cl)cc2)C(=O)/C1=C/c1ccc(OCc2cccc(F)c2)cc1. The van der Waals surface area contributed by atoms with Crippen molar-refractivity contribution in [3.63, 3.8) is 0 Å². The first-order valence-electron chi connectivity index (χ1n) is 9.55. The zero-order valence-corrected chi connectivity index (χ0v) is 17.3. The molecule has 160 valence electrons. The van der Waals surface area contributed by atoms with Crippen LogP contribution in [0.4, 0.5) is 14.9 Å². The van der Waals surface area contributed by atoms with E-state index in [0.717, 1.165) is 4.90 Å². The predicted molar refractivity (Wildman–Crippen MR) is 118 cm³/mol. The number of ether oxygens (including phenoxy) is 1. The molecule has 6 nitrogen and oxygen atoms in total. The lowest BCUT2D eigenvalue weighted by molar-refractivity contribution is -0.122. The second-order valence-corrected chi connectivity index (χ2v) is 7.36. The van der Waals surface area contributed by atoms with Gasteiger partial charge in [-0.25, -0.2) is 14.1 Å². The Balaban J connectivity index is 1.51. The number of barbiturate groups is 1. The van der Waals surface area contributed by atoms with Gasteiger partial charge in [0.2, 0.25) is 0 Å². The first-order valence-corrected chi connectivity index (χ1v) is 9.93. The molecule has 0 radical (unpaired) electrons. The molecule has 1 heterocycles. The largest absolute Gasteiger partial charge is 0.489 e. The molecule has 1 aliphatic heterocycles. The molecule has 0 bridgehead atoms. The van der Waals surface area contributed by atoms with Gasteiger partial charge in [0.25, 0.3) is 11.8 Å². The molecule has 8 heteroatoms. The Morgan fingerprint density at radius 3 is 2.38 bits per heavy atom. The highest BCUT2D eigenvalue weighted by Gasteiger charge is 2.36. The van der Waals surface area contributed by atoms with Crippen LogP contribution in [0, 0.1) is 5.82 Å². The van der Waals surface area contributed by atoms with Gasteiger partial charge in [0.15, 0.2) is 0 Å². The second-order valence-electron chi connectivity index (χ2n) is 6.92. The van der Waals surface area contributed by atoms with Gasteiger partial charge in [-0.1, -0.05) is 35.9 Å². The highest BCUT2D eigenvalue weighted by Crippen LogP contribution is 2.24. The molecule has 0 unspecified atom stereocenters. The Bertz CT molecular complexity index is 1220. The van der Waals surface area contributed by atoms with Crippen LogP contribution in [-0.4, -0.2) is 17.8 Å². The quantitative estimate of drug-likeness (QED) is 0.450. The highest BCUT2D eigenvalue weighted by molar-refractivity contribution is 6.39. The van der Waals surface area contributed by atoms with E-state index in [1.807, 2.05) is 0 Å². The average molecular weight is 451 g/mol. The maximum absolute atomic E-state index is 13.3. The number of halogens is 2. The average Bonchev–Trinajstić information content (AvgIpc) is 2.77. The van der Waals surface area contributed by atoms with Gasteiger partial charge < -0.3 is 4.74 Å². The van der Waals surface area contributed by atoms with E-state index in [1.165, 1.54) is 30.3 Å². The molecule has 1 fully saturated rings. The summed E-state index contributed by atoms with van der Waals surface area (Å²) in [6, 6.07) is 18.0. The first-order chi connectivity index (χ1) is 15.4. The van der Waals surface area contributed by atoms with Crippen molar-refractivity contribution in [1.29, 1.82) is 0 Å². The van der Waals surface area contributed by atoms with Gasteiger partial charge in [-0.2, -0.15) is 0 Å². The summed E-state index contributed by atoms with van der Waals surface area (Å²) in [6.45, 7) is 0.192. The number of nitrogens with one attached hydrogen (secondary N) is 1. The number of benzene rings is 3. The minimum absolute atomic E-state index is 0.187. The van der Waals surface area contributed by atoms with E-state index in [0.29, 0.717) is 21.9 Å². The molecule has 0 atom stereocenters. The summed E-state index contributed by atoms with van der Waals surface area (Å²) < 4.78 is 18.9. The summed E-state index contributed by atoms with van der Waals surface area (Å²) in [4.78, 5) is 38.3. The summed E-state index contributed by atoms with van der Waals surface area (Å²) >= 11 is 5.86. The molecule has 3 aromatic carbocycles. The van der Waals surface area contributed by atoms with Crippen LogP contribution in [0.25, 0.3) is 6.08 Å². The van der Waals surface area contributed by atoms with E-state index in [4.69, 9.17) is 16.3 Å². The number of hydrogen-bond donors (Lipinski definition) is 1. The monoisotopic (exact) mass is 450 g/mol. The minimum Gasteiger partial charge on any atom is -0.489 e. The molecule has 1 aliphatic rings. The van der Waals surface area contributed by atoms with Gasteiger partial charge in [0, 0.05) is 5.02 Å². The van der Waals surface area contributed by atoms with Crippen molar-refractivity contribution >= 4 is 41.2 Å². The first kappa shape index (κ1) is 21.3. The van der Waals surface area contributed by atoms with E-state index in [1.54, 1.807) is 48.5 Å². The topological polar surface area (TPSA) is 75.7 Å². The molecular formula is C24H16ClFN2O4. The Morgan fingerprint density at radius 2 is 1.69 bits per heavy atom. The van der Waals surface area contributed by atoms with Crippen molar-refractivity contribution < 1.29 is 23.5 Å². The molecular weight excluding hydrogens is 435 g/mol. The number of anilines is 1. The lowest BCUT2D eigenvalue weighted by Crippen LogP contribution is -2.54. The molecule has 1 saturated heterocycles. The van der Waals surface area contributed by atoms with E-state index in [2.05, 4.69) is 5.32 Å². The van der Waals surface area contributed by atoms with Crippen molar-refractivity contribution in [3.05, 3.63) is 100 Å². The zero-order valence-electron chi connectivity index (χ0n) is 16.5. The summed E-state index contributed by atoms with van der Waals surface area (Å²) in [5.41, 5.74) is 1.35. The Hall–Kier alpha value is -3.97. The molecule has 1 N–H and O–H groups in total. The van der Waals surface area contributed by atoms with Gasteiger partial charge in [-0.15, -0.1) is 0 Å². The van der Waals surface area contributed by atoms with Crippen LogP contribution in [0.1, 0.15) is 11.1 Å². The summed E-state index contributed by atoms with van der Waals surface area (Å²) in [6.07, 6.45) is 1.39. The van der Waals surface area contributed by atoms with Crippen LogP contribution in [0.3, 0.4) is 0 Å². The highest BCUT2D eigenvalue weighted by atomic mass is 35.5. The number of imide groups is 2. The molecule has 32 heavy (non-hydrogen) atoms. The fourth-order valence-electron chi connectivity index (χ4n) is 3.10. The standard InChI is InChI=1S/C24H16ClFN2O4/c25-17-6-8-19(9-7-17)28-23(30)21(22(29)27-24(28)31)13-15-4-10-20(11-5-15)32-14-16-2-1-3-18(26)12-16/h1-13H,14H2,(H,27,29,31)/b21-13+. The van der Waals surface area contributed by atoms with Crippen molar-refractivity contribution in [1.82, 2.24) is 5.32 Å². The van der Waals surface area contributed by atoms with Gasteiger partial charge in [-0.05, 0) is 65.7 Å². The van der Waals surface area contributed by atoms with Crippen LogP contribution in [-0.2, 0) is 16.2 Å². The fraction of sp³-hybridized carbons (Fsp3) is 0.0417. The Kier molecular flexibility index (Phi) is 6.00. The van der Waals surface area contributed by atoms with E-state index in [9.17, 15) is 18.8 Å². The van der Waals surface area contributed by atoms with Crippen molar-refractivity contribution in [3.8, 4) is 5.75 Å². The van der Waals surface area contributed by atoms with Crippen molar-refractivity contribution in [2.24, 2.45) is 0 Å². The molecule has 0 aromatic heterocycles. The minimum atomic E-state index is -0.833. The van der Waals surface area contributed by atoms with Crippen LogP contribution in [0.5, 0.6) is 5.75 Å². The van der Waals surface area contributed by atoms with Gasteiger partial charge in [0.1, 0.15) is 23.7 Å². The second kappa shape index (κ2) is 9.03. The number of carbonyl (C=O) groups excluding carboxylic acids is 3. The van der Waals surface area contributed by atoms with E-state index >= 15 is 0 Å². The number of nitrogens with zero attached hydrogens (tertiary/aromatic N) is 1. The van der Waals surface area contributed by atoms with E-state index < -0.39 is 17.8 Å². The third-order valence-corrected chi connectivity index (χ3v) is 4.92. The lowest BCUT2D eigenvalue weighted by atomic mass is 10.1. The lowest BCUT2D eigenvalue weighted by Gasteiger charge is -2.26. The maximum atomic E-state index is 13.3. The molecule has 0 saturated carbocycles. The number of urea groups is 1. The molecule has 4 amide bonds. The van der Waals surface area contributed by atoms with Crippen LogP contribution >= 0.6 is 11.6 Å². The van der Waals surface area contributed by atoms with Gasteiger partial charge in [-0.3, -0.25) is 14.9 Å². The van der Waals surface area contributed by atoms with E-state index in [-0.39, 0.29) is 23.7 Å². The fourth-order valence-corrected chi connectivity index (χ4v) is 3.23. The molecule has 0 aliphatic carbocycles. The normalized spacial score (nSPS) is 15.1. The van der Waals surface area contributed by atoms with Crippen LogP contribution in [0.2, 0.25) is 5.02 Å². The zero-order chi connectivity index (χ0) is 22.7. The third-order valence-electron chi connectivity index (χ3n) is 4.67. The summed E-state index contributed by atoms with van der Waals surface area (Å²) in [5.74, 6) is -1.33. The van der Waals surface area contributed by atoms with Crippen molar-refractivity contribution in [2.45, 2.75) is 6.61 Å². The number of hydrogen-bond acceptors (Lipinski definition) is 4. The predicted octanol–water partition coefficient (Wildman–Crippen LogP) is 4.72. The Labute approximate surface area is 187 Å². The molecule has 0 spiro atoms. The van der Waals surface area contributed by atoms with Crippen LogP contribution < -0.4 is 15.0 Å². The molecule has 4 rings (SSSR count).